The summed E-state index contributed by atoms with van der Waals surface area (Å²) in [5.41, 5.74) is 5.48. The fourth-order valence-corrected chi connectivity index (χ4v) is 4.80. The number of halogens is 3. The normalized spacial score (nSPS) is 14.3. The summed E-state index contributed by atoms with van der Waals surface area (Å²) in [6.45, 7) is 2.06. The molecule has 0 radical (unpaired) electrons. The molecular formula is C24H22F3N4S+. The Morgan fingerprint density at radius 3 is 2.41 bits per heavy atom. The minimum Gasteiger partial charge on any atom is -0.263 e. The van der Waals surface area contributed by atoms with Crippen molar-refractivity contribution in [1.82, 2.24) is 15.0 Å². The summed E-state index contributed by atoms with van der Waals surface area (Å²) in [5, 5.41) is 0. The van der Waals surface area contributed by atoms with Crippen molar-refractivity contribution in [2.24, 2.45) is 7.05 Å². The van der Waals surface area contributed by atoms with E-state index < -0.39 is 12.0 Å². The molecule has 1 N–H and O–H groups in total. The van der Waals surface area contributed by atoms with E-state index in [0.29, 0.717) is 17.0 Å². The average Bonchev–Trinajstić information content (AvgIpc) is 3.57. The lowest BCUT2D eigenvalue weighted by molar-refractivity contribution is -0.668. The van der Waals surface area contributed by atoms with E-state index in [1.165, 1.54) is 25.5 Å². The highest BCUT2D eigenvalue weighted by atomic mass is 32.2. The number of aryl methyl sites for hydroxylation is 1. The van der Waals surface area contributed by atoms with Crippen LogP contribution in [0.1, 0.15) is 37.1 Å². The van der Waals surface area contributed by atoms with Crippen molar-refractivity contribution in [2.45, 2.75) is 36.8 Å². The minimum atomic E-state index is -4.48. The van der Waals surface area contributed by atoms with Crippen LogP contribution in [-0.2, 0) is 13.2 Å². The van der Waals surface area contributed by atoms with Gasteiger partial charge in [-0.3, -0.25) is 9.97 Å². The molecule has 3 aromatic heterocycles. The SMILES string of the molecule is CCSc1cc(-c2ccc(C3CC3)cc2)cnc1-c1cnc2c(c1)[nH]c(C(F)(F)F)[n+]2C. The van der Waals surface area contributed by atoms with Gasteiger partial charge in [-0.25, -0.2) is 4.57 Å². The van der Waals surface area contributed by atoms with Crippen molar-refractivity contribution in [3.05, 3.63) is 60.2 Å². The molecule has 0 bridgehead atoms. The molecule has 1 aliphatic rings. The number of fused-ring (bicyclic) bond motifs is 1. The van der Waals surface area contributed by atoms with Crippen molar-refractivity contribution >= 4 is 22.9 Å². The second-order valence-corrected chi connectivity index (χ2v) is 9.33. The van der Waals surface area contributed by atoms with Gasteiger partial charge in [-0.15, -0.1) is 16.7 Å². The number of aromatic nitrogens is 4. The van der Waals surface area contributed by atoms with Crippen molar-refractivity contribution < 1.29 is 17.7 Å². The van der Waals surface area contributed by atoms with E-state index in [0.717, 1.165) is 32.0 Å². The van der Waals surface area contributed by atoms with Crippen LogP contribution in [0, 0.1) is 0 Å². The Labute approximate surface area is 187 Å². The highest BCUT2D eigenvalue weighted by Crippen LogP contribution is 2.41. The molecule has 4 nitrogen and oxygen atoms in total. The lowest BCUT2D eigenvalue weighted by atomic mass is 10.0. The number of nitrogens with one attached hydrogen (secondary N) is 1. The van der Waals surface area contributed by atoms with Crippen LogP contribution in [0.15, 0.2) is 53.7 Å². The van der Waals surface area contributed by atoms with E-state index >= 15 is 0 Å². The number of pyridine rings is 2. The van der Waals surface area contributed by atoms with Crippen molar-refractivity contribution in [3.8, 4) is 22.4 Å². The van der Waals surface area contributed by atoms with Gasteiger partial charge in [0.15, 0.2) is 5.52 Å². The van der Waals surface area contributed by atoms with Gasteiger partial charge >= 0.3 is 17.6 Å². The van der Waals surface area contributed by atoms with Gasteiger partial charge in [-0.05, 0) is 47.8 Å². The highest BCUT2D eigenvalue weighted by Gasteiger charge is 2.41. The molecule has 5 rings (SSSR count). The summed E-state index contributed by atoms with van der Waals surface area (Å²) >= 11 is 1.66. The first kappa shape index (κ1) is 21.0. The van der Waals surface area contributed by atoms with E-state index in [2.05, 4.69) is 47.2 Å². The van der Waals surface area contributed by atoms with Gasteiger partial charge in [0, 0.05) is 22.2 Å². The van der Waals surface area contributed by atoms with E-state index in [4.69, 9.17) is 4.98 Å². The Bertz CT molecular complexity index is 1290. The van der Waals surface area contributed by atoms with Crippen molar-refractivity contribution in [3.63, 3.8) is 0 Å². The Morgan fingerprint density at radius 2 is 1.75 bits per heavy atom. The molecule has 8 heteroatoms. The number of aromatic amines is 1. The zero-order valence-electron chi connectivity index (χ0n) is 17.7. The van der Waals surface area contributed by atoms with Gasteiger partial charge < -0.3 is 0 Å². The van der Waals surface area contributed by atoms with Gasteiger partial charge in [-0.2, -0.15) is 13.2 Å². The Morgan fingerprint density at radius 1 is 1.03 bits per heavy atom. The summed E-state index contributed by atoms with van der Waals surface area (Å²) in [7, 11) is 1.36. The van der Waals surface area contributed by atoms with Crippen LogP contribution in [0.4, 0.5) is 13.2 Å². The molecule has 0 saturated heterocycles. The Hall–Kier alpha value is -2.87. The third-order valence-corrected chi connectivity index (χ3v) is 6.67. The second kappa shape index (κ2) is 7.92. The minimum absolute atomic E-state index is 0.248. The molecule has 0 unspecified atom stereocenters. The predicted octanol–water partition coefficient (Wildman–Crippen LogP) is 6.12. The highest BCUT2D eigenvalue weighted by molar-refractivity contribution is 7.99. The number of H-pyrrole nitrogens is 1. The molecule has 1 aliphatic carbocycles. The third kappa shape index (κ3) is 3.88. The lowest BCUT2D eigenvalue weighted by Gasteiger charge is -2.10. The summed E-state index contributed by atoms with van der Waals surface area (Å²) in [4.78, 5) is 12.4. The zero-order valence-corrected chi connectivity index (χ0v) is 18.5. The number of thioether (sulfide) groups is 1. The summed E-state index contributed by atoms with van der Waals surface area (Å²) in [5.74, 6) is 0.730. The largest absolute Gasteiger partial charge is 0.478 e. The smallest absolute Gasteiger partial charge is 0.263 e. The molecule has 1 fully saturated rings. The van der Waals surface area contributed by atoms with Crippen molar-refractivity contribution in [2.75, 3.05) is 5.75 Å². The first-order valence-electron chi connectivity index (χ1n) is 10.5. The Kier molecular flexibility index (Phi) is 5.20. The number of rotatable bonds is 5. The molecule has 164 valence electrons. The lowest BCUT2D eigenvalue weighted by Crippen LogP contribution is -2.37. The molecular weight excluding hydrogens is 433 g/mol. The number of alkyl halides is 3. The van der Waals surface area contributed by atoms with E-state index in [-0.39, 0.29) is 5.65 Å². The van der Waals surface area contributed by atoms with Gasteiger partial charge in [0.1, 0.15) is 6.20 Å². The first-order valence-corrected chi connectivity index (χ1v) is 11.5. The fraction of sp³-hybridized carbons (Fsp3) is 0.292. The third-order valence-electron chi connectivity index (χ3n) is 5.76. The number of hydrogen-bond donors (Lipinski definition) is 1. The van der Waals surface area contributed by atoms with Crippen LogP contribution in [0.2, 0.25) is 0 Å². The van der Waals surface area contributed by atoms with E-state index in [1.54, 1.807) is 24.0 Å². The molecule has 0 atom stereocenters. The standard InChI is InChI=1S/C24H21F3N4S/c1-3-32-20-11-17(16-8-6-15(7-9-16)14-4-5-14)12-28-21(20)18-10-19-22(29-13-18)31(2)23(30-19)24(25,26)27/h6-14H,3-5H2,1-2H3/p+1. The quantitative estimate of drug-likeness (QED) is 0.291. The second-order valence-electron chi connectivity index (χ2n) is 8.03. The number of hydrogen-bond acceptors (Lipinski definition) is 3. The zero-order chi connectivity index (χ0) is 22.5. The fourth-order valence-electron chi connectivity index (χ4n) is 3.97. The average molecular weight is 456 g/mol. The maximum atomic E-state index is 13.3. The number of nitrogens with zero attached hydrogens (tertiary/aromatic N) is 3. The molecule has 1 saturated carbocycles. The predicted molar refractivity (Wildman–Crippen MR) is 119 cm³/mol. The van der Waals surface area contributed by atoms with Crippen LogP contribution < -0.4 is 4.57 Å². The van der Waals surface area contributed by atoms with Gasteiger partial charge in [0.05, 0.1) is 12.7 Å². The van der Waals surface area contributed by atoms with Gasteiger partial charge in [0.25, 0.3) is 0 Å². The van der Waals surface area contributed by atoms with Gasteiger partial charge in [-0.1, -0.05) is 31.2 Å². The molecule has 3 heterocycles. The molecule has 0 spiro atoms. The van der Waals surface area contributed by atoms with E-state index in [9.17, 15) is 13.2 Å². The van der Waals surface area contributed by atoms with Crippen molar-refractivity contribution in [1.29, 1.82) is 0 Å². The maximum Gasteiger partial charge on any atom is 0.478 e. The van der Waals surface area contributed by atoms with Crippen LogP contribution in [-0.4, -0.2) is 20.7 Å². The van der Waals surface area contributed by atoms with Gasteiger partial charge in [0.2, 0.25) is 0 Å². The van der Waals surface area contributed by atoms with Crippen LogP contribution in [0.25, 0.3) is 33.5 Å². The summed E-state index contributed by atoms with van der Waals surface area (Å²) in [6, 6.07) is 12.4. The summed E-state index contributed by atoms with van der Waals surface area (Å²) in [6.07, 6.45) is 1.47. The number of benzene rings is 1. The van der Waals surface area contributed by atoms with Crippen LogP contribution in [0.3, 0.4) is 0 Å². The molecule has 0 amide bonds. The number of imidazole rings is 1. The monoisotopic (exact) mass is 455 g/mol. The Balaban J connectivity index is 1.54. The topological polar surface area (TPSA) is 45.5 Å². The molecule has 32 heavy (non-hydrogen) atoms. The molecule has 1 aromatic carbocycles. The summed E-state index contributed by atoms with van der Waals surface area (Å²) < 4.78 is 40.8. The van der Waals surface area contributed by atoms with Crippen LogP contribution >= 0.6 is 11.8 Å². The first-order chi connectivity index (χ1) is 15.3. The van der Waals surface area contributed by atoms with E-state index in [1.807, 2.05) is 6.20 Å². The molecule has 0 aliphatic heterocycles. The maximum absolute atomic E-state index is 13.3. The molecule has 4 aromatic rings. The van der Waals surface area contributed by atoms with Crippen LogP contribution in [0.5, 0.6) is 0 Å².